The van der Waals surface area contributed by atoms with Crippen LogP contribution >= 0.6 is 0 Å². The van der Waals surface area contributed by atoms with Crippen molar-refractivity contribution < 1.29 is 9.72 Å². The van der Waals surface area contributed by atoms with Crippen molar-refractivity contribution in [3.05, 3.63) is 62.4 Å². The largest absolute Gasteiger partial charge is 0.300 e. The molecule has 0 spiro atoms. The van der Waals surface area contributed by atoms with Crippen LogP contribution in [0.3, 0.4) is 0 Å². The van der Waals surface area contributed by atoms with E-state index in [1.807, 2.05) is 0 Å². The molecule has 0 N–H and O–H groups in total. The first-order valence-electron chi connectivity index (χ1n) is 6.32. The van der Waals surface area contributed by atoms with Gasteiger partial charge in [-0.05, 0) is 19.1 Å². The van der Waals surface area contributed by atoms with E-state index in [1.54, 1.807) is 12.1 Å². The van der Waals surface area contributed by atoms with Crippen molar-refractivity contribution in [3.8, 4) is 17.3 Å². The molecule has 0 atom stereocenters. The van der Waals surface area contributed by atoms with Crippen molar-refractivity contribution in [1.29, 1.82) is 5.26 Å². The molecule has 7 nitrogen and oxygen atoms in total. The van der Waals surface area contributed by atoms with Gasteiger partial charge in [-0.25, -0.2) is 0 Å². The fraction of sp³-hybridized carbons (Fsp3) is 0.133. The third kappa shape index (κ3) is 2.91. The first-order chi connectivity index (χ1) is 10.4. The van der Waals surface area contributed by atoms with Gasteiger partial charge in [-0.2, -0.15) is 5.26 Å². The van der Waals surface area contributed by atoms with Crippen LogP contribution in [-0.2, 0) is 11.3 Å². The Labute approximate surface area is 125 Å². The van der Waals surface area contributed by atoms with Gasteiger partial charge in [0.2, 0.25) is 0 Å². The average molecular weight is 297 g/mol. The summed E-state index contributed by atoms with van der Waals surface area (Å²) in [4.78, 5) is 33.9. The van der Waals surface area contributed by atoms with Crippen LogP contribution in [0, 0.1) is 21.4 Å². The number of benzene rings is 1. The van der Waals surface area contributed by atoms with Gasteiger partial charge in [0.25, 0.3) is 11.2 Å². The minimum atomic E-state index is -0.596. The molecular weight excluding hydrogens is 286 g/mol. The third-order valence-electron chi connectivity index (χ3n) is 3.03. The molecule has 2 rings (SSSR count). The summed E-state index contributed by atoms with van der Waals surface area (Å²) in [5.74, 6) is -0.260. The van der Waals surface area contributed by atoms with Crippen molar-refractivity contribution in [3.63, 3.8) is 0 Å². The minimum Gasteiger partial charge on any atom is -0.300 e. The van der Waals surface area contributed by atoms with E-state index in [0.717, 1.165) is 4.57 Å². The molecular formula is C15H11N3O4. The molecule has 7 heteroatoms. The summed E-state index contributed by atoms with van der Waals surface area (Å²) in [5, 5.41) is 19.8. The Morgan fingerprint density at radius 3 is 2.68 bits per heavy atom. The van der Waals surface area contributed by atoms with Crippen LogP contribution in [0.15, 0.2) is 41.2 Å². The second-order valence-corrected chi connectivity index (χ2v) is 4.64. The summed E-state index contributed by atoms with van der Waals surface area (Å²) < 4.78 is 1.15. The van der Waals surface area contributed by atoms with E-state index in [0.29, 0.717) is 11.3 Å². The highest BCUT2D eigenvalue weighted by Gasteiger charge is 2.14. The average Bonchev–Trinajstić information content (AvgIpc) is 2.49. The van der Waals surface area contributed by atoms with Crippen LogP contribution in [0.5, 0.6) is 0 Å². The standard InChI is InChI=1S/C15H11N3O4/c1-10(19)9-17-14(6-5-12(8-16)15(17)20)11-3-2-4-13(7-11)18(21)22/h2-7H,9H2,1H3. The molecule has 0 aliphatic heterocycles. The topological polar surface area (TPSA) is 106 Å². The summed E-state index contributed by atoms with van der Waals surface area (Å²) >= 11 is 0. The molecule has 0 saturated carbocycles. The van der Waals surface area contributed by atoms with Crippen LogP contribution in [-0.4, -0.2) is 15.3 Å². The van der Waals surface area contributed by atoms with Gasteiger partial charge in [-0.3, -0.25) is 24.3 Å². The van der Waals surface area contributed by atoms with E-state index in [2.05, 4.69) is 0 Å². The van der Waals surface area contributed by atoms with Crippen LogP contribution in [0.1, 0.15) is 12.5 Å². The first kappa shape index (κ1) is 15.1. The zero-order valence-corrected chi connectivity index (χ0v) is 11.6. The van der Waals surface area contributed by atoms with Gasteiger partial charge in [-0.15, -0.1) is 0 Å². The fourth-order valence-corrected chi connectivity index (χ4v) is 2.07. The molecule has 0 bridgehead atoms. The van der Waals surface area contributed by atoms with Gasteiger partial charge >= 0.3 is 0 Å². The van der Waals surface area contributed by atoms with E-state index < -0.39 is 10.5 Å². The highest BCUT2D eigenvalue weighted by Crippen LogP contribution is 2.23. The predicted octanol–water partition coefficient (Wildman–Crippen LogP) is 1.88. The second kappa shape index (κ2) is 6.01. The Bertz CT molecular complexity index is 862. The summed E-state index contributed by atoms with van der Waals surface area (Å²) in [7, 11) is 0. The highest BCUT2D eigenvalue weighted by molar-refractivity contribution is 5.76. The number of pyridine rings is 1. The summed E-state index contributed by atoms with van der Waals surface area (Å²) in [6.07, 6.45) is 0. The Morgan fingerprint density at radius 1 is 1.36 bits per heavy atom. The lowest BCUT2D eigenvalue weighted by atomic mass is 10.1. The number of nitrogens with zero attached hydrogens (tertiary/aromatic N) is 3. The van der Waals surface area contributed by atoms with Crippen molar-refractivity contribution in [2.45, 2.75) is 13.5 Å². The first-order valence-corrected chi connectivity index (χ1v) is 6.32. The Kier molecular flexibility index (Phi) is 4.13. The van der Waals surface area contributed by atoms with Crippen molar-refractivity contribution in [1.82, 2.24) is 4.57 Å². The quantitative estimate of drug-likeness (QED) is 0.632. The zero-order chi connectivity index (χ0) is 16.3. The molecule has 2 aromatic rings. The lowest BCUT2D eigenvalue weighted by Crippen LogP contribution is -2.26. The Hall–Kier alpha value is -3.27. The lowest BCUT2D eigenvalue weighted by Gasteiger charge is -2.12. The number of carbonyl (C=O) groups excluding carboxylic acids is 1. The van der Waals surface area contributed by atoms with E-state index >= 15 is 0 Å². The molecule has 1 aromatic carbocycles. The van der Waals surface area contributed by atoms with E-state index in [9.17, 15) is 19.7 Å². The summed E-state index contributed by atoms with van der Waals surface area (Å²) in [6, 6.07) is 10.4. The number of carbonyl (C=O) groups is 1. The molecule has 0 amide bonds. The minimum absolute atomic E-state index is 0.0876. The van der Waals surface area contributed by atoms with Gasteiger partial charge in [0, 0.05) is 17.7 Å². The molecule has 0 aliphatic carbocycles. The maximum atomic E-state index is 12.2. The van der Waals surface area contributed by atoms with E-state index in [1.165, 1.54) is 37.3 Å². The van der Waals surface area contributed by atoms with Gasteiger partial charge in [0.15, 0.2) is 0 Å². The smallest absolute Gasteiger partial charge is 0.270 e. The fourth-order valence-electron chi connectivity index (χ4n) is 2.07. The molecule has 0 fully saturated rings. The summed E-state index contributed by atoms with van der Waals surface area (Å²) in [5.41, 5.74) is -0.0271. The number of rotatable bonds is 4. The van der Waals surface area contributed by atoms with E-state index in [4.69, 9.17) is 5.26 Å². The Morgan fingerprint density at radius 2 is 2.09 bits per heavy atom. The molecule has 1 aromatic heterocycles. The van der Waals surface area contributed by atoms with E-state index in [-0.39, 0.29) is 23.6 Å². The molecule has 110 valence electrons. The monoisotopic (exact) mass is 297 g/mol. The van der Waals surface area contributed by atoms with Gasteiger partial charge in [0.05, 0.1) is 17.2 Å². The number of ketones is 1. The number of nitro benzene ring substituents is 1. The number of aromatic nitrogens is 1. The van der Waals surface area contributed by atoms with Crippen molar-refractivity contribution in [2.75, 3.05) is 0 Å². The van der Waals surface area contributed by atoms with Crippen LogP contribution in [0.4, 0.5) is 5.69 Å². The number of Topliss-reactive ketones (excluding diaryl/α,β-unsaturated/α-hetero) is 1. The maximum Gasteiger partial charge on any atom is 0.270 e. The maximum absolute atomic E-state index is 12.2. The van der Waals surface area contributed by atoms with Gasteiger partial charge in [-0.1, -0.05) is 12.1 Å². The number of hydrogen-bond donors (Lipinski definition) is 0. The number of nitriles is 1. The molecule has 0 aliphatic rings. The molecule has 0 saturated heterocycles. The van der Waals surface area contributed by atoms with Gasteiger partial charge < -0.3 is 0 Å². The number of hydrogen-bond acceptors (Lipinski definition) is 5. The number of nitro groups is 1. The van der Waals surface area contributed by atoms with Crippen molar-refractivity contribution in [2.24, 2.45) is 0 Å². The molecule has 0 unspecified atom stereocenters. The second-order valence-electron chi connectivity index (χ2n) is 4.64. The SMILES string of the molecule is CC(=O)Cn1c(-c2cccc([N+](=O)[O-])c2)ccc(C#N)c1=O. The molecule has 1 heterocycles. The lowest BCUT2D eigenvalue weighted by molar-refractivity contribution is -0.384. The van der Waals surface area contributed by atoms with Gasteiger partial charge in [0.1, 0.15) is 17.4 Å². The highest BCUT2D eigenvalue weighted by atomic mass is 16.6. The van der Waals surface area contributed by atoms with Crippen LogP contribution in [0.2, 0.25) is 0 Å². The van der Waals surface area contributed by atoms with Crippen LogP contribution < -0.4 is 5.56 Å². The molecule has 0 radical (unpaired) electrons. The molecule has 22 heavy (non-hydrogen) atoms. The zero-order valence-electron chi connectivity index (χ0n) is 11.6. The Balaban J connectivity index is 2.70. The van der Waals surface area contributed by atoms with Crippen LogP contribution in [0.25, 0.3) is 11.3 Å². The van der Waals surface area contributed by atoms with Crippen molar-refractivity contribution >= 4 is 11.5 Å². The number of non-ortho nitro benzene ring substituents is 1. The predicted molar refractivity (Wildman–Crippen MR) is 78.2 cm³/mol. The summed E-state index contributed by atoms with van der Waals surface area (Å²) in [6.45, 7) is 1.12. The normalized spacial score (nSPS) is 10.0. The third-order valence-corrected chi connectivity index (χ3v) is 3.03.